The second kappa shape index (κ2) is 7.89. The van der Waals surface area contributed by atoms with Crippen LogP contribution < -0.4 is 10.0 Å². The van der Waals surface area contributed by atoms with Crippen LogP contribution in [0.3, 0.4) is 0 Å². The molecule has 0 atom stereocenters. The molecular weight excluding hydrogens is 430 g/mol. The normalized spacial score (nSPS) is 11.0. The molecule has 2 N–H and O–H groups in total. The van der Waals surface area contributed by atoms with Gasteiger partial charge in [0.1, 0.15) is 0 Å². The van der Waals surface area contributed by atoms with Crippen molar-refractivity contribution >= 4 is 43.2 Å². The van der Waals surface area contributed by atoms with Crippen LogP contribution in [0.15, 0.2) is 76.4 Å². The molecule has 0 bridgehead atoms. The number of aromatic nitrogens is 1. The zero-order chi connectivity index (χ0) is 19.4. The lowest BCUT2D eigenvalue weighted by molar-refractivity contribution is 0.102. The van der Waals surface area contributed by atoms with Crippen molar-refractivity contribution in [3.05, 3.63) is 82.6 Å². The highest BCUT2D eigenvalue weighted by Gasteiger charge is 2.15. The van der Waals surface area contributed by atoms with Crippen LogP contribution in [-0.4, -0.2) is 19.3 Å². The number of sulfonamides is 1. The van der Waals surface area contributed by atoms with Gasteiger partial charge in [0.05, 0.1) is 16.8 Å². The number of aryl methyl sites for hydroxylation is 1. The number of hydrogen-bond donors (Lipinski definition) is 2. The van der Waals surface area contributed by atoms with Crippen molar-refractivity contribution in [3.63, 3.8) is 0 Å². The van der Waals surface area contributed by atoms with Gasteiger partial charge in [-0.05, 0) is 61.0 Å². The molecule has 0 aliphatic heterocycles. The Labute approximate surface area is 165 Å². The number of halogens is 1. The summed E-state index contributed by atoms with van der Waals surface area (Å²) < 4.78 is 28.3. The summed E-state index contributed by atoms with van der Waals surface area (Å²) in [5, 5.41) is 2.77. The van der Waals surface area contributed by atoms with Gasteiger partial charge < -0.3 is 5.32 Å². The number of carbonyl (C=O) groups is 1. The maximum Gasteiger partial charge on any atom is 0.261 e. The summed E-state index contributed by atoms with van der Waals surface area (Å²) in [5.41, 5.74) is 2.11. The van der Waals surface area contributed by atoms with E-state index in [1.165, 1.54) is 18.2 Å². The van der Waals surface area contributed by atoms with Crippen LogP contribution in [0.5, 0.6) is 0 Å². The van der Waals surface area contributed by atoms with Crippen LogP contribution in [0, 0.1) is 6.92 Å². The number of benzene rings is 2. The van der Waals surface area contributed by atoms with Gasteiger partial charge in [-0.1, -0.05) is 22.0 Å². The minimum Gasteiger partial charge on any atom is -0.320 e. The van der Waals surface area contributed by atoms with Gasteiger partial charge in [-0.25, -0.2) is 8.42 Å². The van der Waals surface area contributed by atoms with E-state index < -0.39 is 10.0 Å². The molecule has 1 heterocycles. The standard InChI is InChI=1S/C19H16BrN3O3S/c1-13-9-10-21-12-18(13)22-19(24)14-3-2-4-16(11-14)23-27(25,26)17-7-5-15(20)6-8-17/h2-12,23H,1H3,(H,22,24). The molecule has 0 saturated heterocycles. The molecule has 0 radical (unpaired) electrons. The van der Waals surface area contributed by atoms with E-state index in [1.54, 1.807) is 48.8 Å². The lowest BCUT2D eigenvalue weighted by Gasteiger charge is -2.11. The SMILES string of the molecule is Cc1ccncc1NC(=O)c1cccc(NS(=O)(=O)c2ccc(Br)cc2)c1. The first kappa shape index (κ1) is 19.1. The van der Waals surface area contributed by atoms with Crippen molar-refractivity contribution in [1.82, 2.24) is 4.98 Å². The summed E-state index contributed by atoms with van der Waals surface area (Å²) in [6.45, 7) is 1.86. The average molecular weight is 446 g/mol. The highest BCUT2D eigenvalue weighted by molar-refractivity contribution is 9.10. The molecule has 3 aromatic rings. The van der Waals surface area contributed by atoms with E-state index >= 15 is 0 Å². The predicted molar refractivity (Wildman–Crippen MR) is 108 cm³/mol. The van der Waals surface area contributed by atoms with E-state index in [2.05, 4.69) is 31.0 Å². The van der Waals surface area contributed by atoms with Gasteiger partial charge in [-0.15, -0.1) is 0 Å². The highest BCUT2D eigenvalue weighted by atomic mass is 79.9. The van der Waals surface area contributed by atoms with Crippen molar-refractivity contribution in [2.75, 3.05) is 10.0 Å². The molecule has 1 aromatic heterocycles. The van der Waals surface area contributed by atoms with Crippen molar-refractivity contribution in [2.24, 2.45) is 0 Å². The Morgan fingerprint density at radius 2 is 1.81 bits per heavy atom. The smallest absolute Gasteiger partial charge is 0.261 e. The van der Waals surface area contributed by atoms with Crippen LogP contribution in [0.2, 0.25) is 0 Å². The maximum absolute atomic E-state index is 12.5. The predicted octanol–water partition coefficient (Wildman–Crippen LogP) is 4.21. The topological polar surface area (TPSA) is 88.2 Å². The second-order valence-corrected chi connectivity index (χ2v) is 8.38. The monoisotopic (exact) mass is 445 g/mol. The zero-order valence-electron chi connectivity index (χ0n) is 14.3. The van der Waals surface area contributed by atoms with Crippen molar-refractivity contribution in [2.45, 2.75) is 11.8 Å². The molecule has 8 heteroatoms. The van der Waals surface area contributed by atoms with Crippen LogP contribution in [-0.2, 0) is 10.0 Å². The lowest BCUT2D eigenvalue weighted by atomic mass is 10.2. The van der Waals surface area contributed by atoms with Crippen molar-refractivity contribution in [1.29, 1.82) is 0 Å². The van der Waals surface area contributed by atoms with Gasteiger partial charge in [-0.2, -0.15) is 0 Å². The number of pyridine rings is 1. The van der Waals surface area contributed by atoms with E-state index in [9.17, 15) is 13.2 Å². The number of anilines is 2. The largest absolute Gasteiger partial charge is 0.320 e. The number of nitrogens with one attached hydrogen (secondary N) is 2. The molecule has 6 nitrogen and oxygen atoms in total. The van der Waals surface area contributed by atoms with Crippen molar-refractivity contribution in [3.8, 4) is 0 Å². The van der Waals surface area contributed by atoms with E-state index in [4.69, 9.17) is 0 Å². The number of carbonyl (C=O) groups excluding carboxylic acids is 1. The molecule has 0 unspecified atom stereocenters. The Kier molecular flexibility index (Phi) is 5.57. The Balaban J connectivity index is 1.80. The minimum absolute atomic E-state index is 0.131. The summed E-state index contributed by atoms with van der Waals surface area (Å²) in [6, 6.07) is 14.4. The van der Waals surface area contributed by atoms with Crippen molar-refractivity contribution < 1.29 is 13.2 Å². The Bertz CT molecular complexity index is 1080. The molecular formula is C19H16BrN3O3S. The number of hydrogen-bond acceptors (Lipinski definition) is 4. The summed E-state index contributed by atoms with van der Waals surface area (Å²) in [7, 11) is -3.75. The minimum atomic E-state index is -3.75. The van der Waals surface area contributed by atoms with E-state index in [-0.39, 0.29) is 10.8 Å². The van der Waals surface area contributed by atoms with E-state index in [1.807, 2.05) is 6.92 Å². The molecule has 138 valence electrons. The molecule has 0 aliphatic rings. The Morgan fingerprint density at radius 1 is 1.07 bits per heavy atom. The fourth-order valence-corrected chi connectivity index (χ4v) is 3.65. The zero-order valence-corrected chi connectivity index (χ0v) is 16.7. The molecule has 3 rings (SSSR count). The first-order chi connectivity index (χ1) is 12.8. The van der Waals surface area contributed by atoms with Gasteiger partial charge in [0.2, 0.25) is 0 Å². The Hall–Kier alpha value is -2.71. The average Bonchev–Trinajstić information content (AvgIpc) is 2.64. The fraction of sp³-hybridized carbons (Fsp3) is 0.0526. The third-order valence-electron chi connectivity index (χ3n) is 3.79. The molecule has 0 spiro atoms. The summed E-state index contributed by atoms with van der Waals surface area (Å²) >= 11 is 3.27. The maximum atomic E-state index is 12.5. The van der Waals surface area contributed by atoms with Gasteiger partial charge >= 0.3 is 0 Å². The second-order valence-electron chi connectivity index (χ2n) is 5.78. The van der Waals surface area contributed by atoms with Crippen LogP contribution in [0.25, 0.3) is 0 Å². The summed E-state index contributed by atoms with van der Waals surface area (Å²) in [5.74, 6) is -0.351. The number of rotatable bonds is 5. The third-order valence-corrected chi connectivity index (χ3v) is 5.71. The summed E-state index contributed by atoms with van der Waals surface area (Å²) in [4.78, 5) is 16.6. The first-order valence-electron chi connectivity index (χ1n) is 7.95. The van der Waals surface area contributed by atoms with E-state index in [0.717, 1.165) is 10.0 Å². The molecule has 0 fully saturated rings. The van der Waals surface area contributed by atoms with Crippen LogP contribution in [0.1, 0.15) is 15.9 Å². The highest BCUT2D eigenvalue weighted by Crippen LogP contribution is 2.20. The van der Waals surface area contributed by atoms with Gasteiger partial charge in [0.15, 0.2) is 0 Å². The van der Waals surface area contributed by atoms with Gasteiger partial charge in [0.25, 0.3) is 15.9 Å². The molecule has 1 amide bonds. The molecule has 0 aliphatic carbocycles. The third kappa shape index (κ3) is 4.72. The van der Waals surface area contributed by atoms with Gasteiger partial charge in [0, 0.05) is 21.9 Å². The molecule has 2 aromatic carbocycles. The fourth-order valence-electron chi connectivity index (χ4n) is 2.34. The quantitative estimate of drug-likeness (QED) is 0.615. The molecule has 0 saturated carbocycles. The molecule has 27 heavy (non-hydrogen) atoms. The first-order valence-corrected chi connectivity index (χ1v) is 10.2. The van der Waals surface area contributed by atoms with Crippen LogP contribution in [0.4, 0.5) is 11.4 Å². The van der Waals surface area contributed by atoms with Gasteiger partial charge in [-0.3, -0.25) is 14.5 Å². The Morgan fingerprint density at radius 3 is 2.52 bits per heavy atom. The number of amides is 1. The lowest BCUT2D eigenvalue weighted by Crippen LogP contribution is -2.15. The number of nitrogens with zero attached hydrogens (tertiary/aromatic N) is 1. The van der Waals surface area contributed by atoms with E-state index in [0.29, 0.717) is 16.9 Å². The van der Waals surface area contributed by atoms with Crippen LogP contribution >= 0.6 is 15.9 Å². The summed E-state index contributed by atoms with van der Waals surface area (Å²) in [6.07, 6.45) is 3.20.